The van der Waals surface area contributed by atoms with E-state index in [0.29, 0.717) is 0 Å². The van der Waals surface area contributed by atoms with Crippen molar-refractivity contribution in [3.8, 4) is 0 Å². The van der Waals surface area contributed by atoms with Crippen LogP contribution < -0.4 is 5.32 Å². The summed E-state index contributed by atoms with van der Waals surface area (Å²) in [6, 6.07) is 2.32. The molecule has 0 radical (unpaired) electrons. The van der Waals surface area contributed by atoms with Gasteiger partial charge in [0.05, 0.1) is 12.7 Å². The summed E-state index contributed by atoms with van der Waals surface area (Å²) >= 11 is 1.96. The number of thiophene rings is 1. The predicted octanol–water partition coefficient (Wildman–Crippen LogP) is 2.14. The standard InChI is InChI=1S/C11H17NOS/c1-3-8-6-9-10(7-12-2)13-5-4-11(9)14-8/h6,10,12H,3-5,7H2,1-2H3. The van der Waals surface area contributed by atoms with Crippen molar-refractivity contribution in [3.63, 3.8) is 0 Å². The van der Waals surface area contributed by atoms with E-state index in [2.05, 4.69) is 18.3 Å². The van der Waals surface area contributed by atoms with E-state index >= 15 is 0 Å². The molecule has 78 valence electrons. The fourth-order valence-electron chi connectivity index (χ4n) is 1.88. The first kappa shape index (κ1) is 10.1. The second kappa shape index (κ2) is 4.43. The zero-order valence-electron chi connectivity index (χ0n) is 8.80. The number of ether oxygens (including phenoxy) is 1. The van der Waals surface area contributed by atoms with Crippen LogP contribution in [-0.4, -0.2) is 20.2 Å². The van der Waals surface area contributed by atoms with Crippen molar-refractivity contribution >= 4 is 11.3 Å². The maximum absolute atomic E-state index is 5.75. The van der Waals surface area contributed by atoms with Crippen LogP contribution in [0.3, 0.4) is 0 Å². The molecule has 3 heteroatoms. The number of hydrogen-bond donors (Lipinski definition) is 1. The molecule has 1 aromatic heterocycles. The Balaban J connectivity index is 2.24. The molecule has 1 aliphatic rings. The quantitative estimate of drug-likeness (QED) is 0.827. The Kier molecular flexibility index (Phi) is 3.21. The molecule has 1 atom stereocenters. The molecule has 1 N–H and O–H groups in total. The Morgan fingerprint density at radius 3 is 3.21 bits per heavy atom. The Hall–Kier alpha value is -0.380. The summed E-state index contributed by atoms with van der Waals surface area (Å²) in [4.78, 5) is 3.02. The highest BCUT2D eigenvalue weighted by atomic mass is 32.1. The molecule has 2 nitrogen and oxygen atoms in total. The van der Waals surface area contributed by atoms with Crippen LogP contribution in [0, 0.1) is 0 Å². The summed E-state index contributed by atoms with van der Waals surface area (Å²) in [5.41, 5.74) is 1.42. The van der Waals surface area contributed by atoms with Gasteiger partial charge in [0.25, 0.3) is 0 Å². The van der Waals surface area contributed by atoms with E-state index in [1.54, 1.807) is 0 Å². The maximum atomic E-state index is 5.75. The minimum Gasteiger partial charge on any atom is -0.372 e. The van der Waals surface area contributed by atoms with Crippen molar-refractivity contribution in [2.24, 2.45) is 0 Å². The third kappa shape index (κ3) is 1.85. The fourth-order valence-corrected chi connectivity index (χ4v) is 3.02. The lowest BCUT2D eigenvalue weighted by molar-refractivity contribution is 0.0451. The lowest BCUT2D eigenvalue weighted by Crippen LogP contribution is -2.24. The van der Waals surface area contributed by atoms with E-state index in [0.717, 1.165) is 26.0 Å². The topological polar surface area (TPSA) is 21.3 Å². The molecule has 0 bridgehead atoms. The average molecular weight is 211 g/mol. The summed E-state index contributed by atoms with van der Waals surface area (Å²) in [6.45, 7) is 4.02. The van der Waals surface area contributed by atoms with Gasteiger partial charge in [-0.15, -0.1) is 11.3 Å². The third-order valence-electron chi connectivity index (χ3n) is 2.63. The molecule has 0 fully saturated rings. The molecule has 0 amide bonds. The Bertz CT molecular complexity index is 308. The minimum atomic E-state index is 0.278. The molecular weight excluding hydrogens is 194 g/mol. The molecule has 1 aromatic rings. The van der Waals surface area contributed by atoms with E-state index < -0.39 is 0 Å². The van der Waals surface area contributed by atoms with Gasteiger partial charge in [-0.3, -0.25) is 0 Å². The number of aryl methyl sites for hydroxylation is 1. The lowest BCUT2D eigenvalue weighted by atomic mass is 10.1. The van der Waals surface area contributed by atoms with E-state index in [-0.39, 0.29) is 6.10 Å². The molecule has 14 heavy (non-hydrogen) atoms. The van der Waals surface area contributed by atoms with Crippen LogP contribution in [0.2, 0.25) is 0 Å². The van der Waals surface area contributed by atoms with Gasteiger partial charge < -0.3 is 10.1 Å². The van der Waals surface area contributed by atoms with Crippen molar-refractivity contribution in [2.45, 2.75) is 25.9 Å². The van der Waals surface area contributed by atoms with E-state index in [4.69, 9.17) is 4.74 Å². The molecule has 0 saturated carbocycles. The van der Waals surface area contributed by atoms with Crippen molar-refractivity contribution < 1.29 is 4.74 Å². The van der Waals surface area contributed by atoms with Crippen LogP contribution in [0.1, 0.15) is 28.3 Å². The molecule has 0 aromatic carbocycles. The van der Waals surface area contributed by atoms with Crippen LogP contribution in [-0.2, 0) is 17.6 Å². The molecular formula is C11H17NOS. The largest absolute Gasteiger partial charge is 0.372 e. The first-order valence-corrected chi connectivity index (χ1v) is 6.04. The fraction of sp³-hybridized carbons (Fsp3) is 0.636. The summed E-state index contributed by atoms with van der Waals surface area (Å²) in [5, 5.41) is 3.19. The second-order valence-corrected chi connectivity index (χ2v) is 4.83. The first-order chi connectivity index (χ1) is 6.85. The average Bonchev–Trinajstić information content (AvgIpc) is 2.62. The molecule has 0 aliphatic carbocycles. The van der Waals surface area contributed by atoms with Crippen LogP contribution in [0.4, 0.5) is 0 Å². The smallest absolute Gasteiger partial charge is 0.0960 e. The third-order valence-corrected chi connectivity index (χ3v) is 3.98. The van der Waals surface area contributed by atoms with Crippen LogP contribution in [0.5, 0.6) is 0 Å². The second-order valence-electron chi connectivity index (χ2n) is 3.61. The van der Waals surface area contributed by atoms with E-state index in [1.807, 2.05) is 18.4 Å². The van der Waals surface area contributed by atoms with Gasteiger partial charge >= 0.3 is 0 Å². The van der Waals surface area contributed by atoms with Gasteiger partial charge in [-0.2, -0.15) is 0 Å². The van der Waals surface area contributed by atoms with E-state index in [9.17, 15) is 0 Å². The highest BCUT2D eigenvalue weighted by Crippen LogP contribution is 2.33. The van der Waals surface area contributed by atoms with Crippen molar-refractivity contribution in [2.75, 3.05) is 20.2 Å². The molecule has 0 saturated heterocycles. The van der Waals surface area contributed by atoms with Gasteiger partial charge in [-0.25, -0.2) is 0 Å². The summed E-state index contributed by atoms with van der Waals surface area (Å²) in [6.07, 6.45) is 2.52. The number of nitrogens with one attached hydrogen (secondary N) is 1. The maximum Gasteiger partial charge on any atom is 0.0960 e. The lowest BCUT2D eigenvalue weighted by Gasteiger charge is -2.22. The van der Waals surface area contributed by atoms with Crippen molar-refractivity contribution in [1.29, 1.82) is 0 Å². The number of likely N-dealkylation sites (N-methyl/N-ethyl adjacent to an activating group) is 1. The van der Waals surface area contributed by atoms with Gasteiger partial charge in [-0.1, -0.05) is 6.92 Å². The van der Waals surface area contributed by atoms with Crippen LogP contribution in [0.25, 0.3) is 0 Å². The SMILES string of the molecule is CCc1cc2c(s1)CCOC2CNC. The van der Waals surface area contributed by atoms with E-state index in [1.165, 1.54) is 15.3 Å². The van der Waals surface area contributed by atoms with Gasteiger partial charge in [0.1, 0.15) is 0 Å². The molecule has 1 aliphatic heterocycles. The molecule has 1 unspecified atom stereocenters. The Morgan fingerprint density at radius 2 is 2.50 bits per heavy atom. The number of hydrogen-bond acceptors (Lipinski definition) is 3. The van der Waals surface area contributed by atoms with Crippen LogP contribution in [0.15, 0.2) is 6.07 Å². The van der Waals surface area contributed by atoms with Gasteiger partial charge in [0.2, 0.25) is 0 Å². The number of rotatable bonds is 3. The zero-order valence-corrected chi connectivity index (χ0v) is 9.62. The van der Waals surface area contributed by atoms with Gasteiger partial charge in [0.15, 0.2) is 0 Å². The molecule has 2 rings (SSSR count). The Labute approximate surface area is 89.3 Å². The normalized spacial score (nSPS) is 20.9. The molecule has 2 heterocycles. The summed E-state index contributed by atoms with van der Waals surface area (Å²) in [5.74, 6) is 0. The Morgan fingerprint density at radius 1 is 1.64 bits per heavy atom. The molecule has 0 spiro atoms. The minimum absolute atomic E-state index is 0.278. The highest BCUT2D eigenvalue weighted by Gasteiger charge is 2.22. The van der Waals surface area contributed by atoms with Gasteiger partial charge in [0, 0.05) is 22.7 Å². The number of fused-ring (bicyclic) bond motifs is 1. The first-order valence-electron chi connectivity index (χ1n) is 5.22. The van der Waals surface area contributed by atoms with Crippen molar-refractivity contribution in [1.82, 2.24) is 5.32 Å². The summed E-state index contributed by atoms with van der Waals surface area (Å²) < 4.78 is 5.75. The zero-order chi connectivity index (χ0) is 9.97. The van der Waals surface area contributed by atoms with Crippen LogP contribution >= 0.6 is 11.3 Å². The summed E-state index contributed by atoms with van der Waals surface area (Å²) in [7, 11) is 1.98. The monoisotopic (exact) mass is 211 g/mol. The van der Waals surface area contributed by atoms with Crippen molar-refractivity contribution in [3.05, 3.63) is 21.4 Å². The highest BCUT2D eigenvalue weighted by molar-refractivity contribution is 7.12. The predicted molar refractivity (Wildman–Crippen MR) is 60.0 cm³/mol. The van der Waals surface area contributed by atoms with Gasteiger partial charge in [-0.05, 0) is 25.1 Å².